The maximum Gasteiger partial charge on any atom is 0.200 e. The van der Waals surface area contributed by atoms with Gasteiger partial charge < -0.3 is 15.0 Å². The van der Waals surface area contributed by atoms with Crippen molar-refractivity contribution >= 4 is 5.95 Å². The highest BCUT2D eigenvalue weighted by Crippen LogP contribution is 2.29. The fraction of sp³-hybridized carbons (Fsp3) is 0.333. The number of H-pyrrole nitrogens is 1. The van der Waals surface area contributed by atoms with Gasteiger partial charge in [0.1, 0.15) is 6.10 Å². The zero-order valence-electron chi connectivity index (χ0n) is 8.05. The molecule has 0 spiro atoms. The van der Waals surface area contributed by atoms with Gasteiger partial charge in [-0.1, -0.05) is 0 Å². The van der Waals surface area contributed by atoms with E-state index in [1.165, 1.54) is 0 Å². The minimum absolute atomic E-state index is 0.109. The SMILES string of the molecule is Nc1ncc2n1CCOC2c1cn[nH]c1. The first-order valence-electron chi connectivity index (χ1n) is 4.77. The molecule has 3 rings (SSSR count). The van der Waals surface area contributed by atoms with Crippen molar-refractivity contribution in [3.8, 4) is 0 Å². The summed E-state index contributed by atoms with van der Waals surface area (Å²) in [6.45, 7) is 1.40. The Hall–Kier alpha value is -1.82. The molecule has 1 aliphatic rings. The van der Waals surface area contributed by atoms with E-state index in [2.05, 4.69) is 15.2 Å². The Morgan fingerprint density at radius 3 is 3.27 bits per heavy atom. The van der Waals surface area contributed by atoms with E-state index in [1.54, 1.807) is 12.4 Å². The molecular weight excluding hydrogens is 194 g/mol. The highest BCUT2D eigenvalue weighted by molar-refractivity contribution is 5.30. The zero-order valence-corrected chi connectivity index (χ0v) is 8.05. The van der Waals surface area contributed by atoms with Gasteiger partial charge in [0.15, 0.2) is 0 Å². The Balaban J connectivity index is 2.07. The number of rotatable bonds is 1. The van der Waals surface area contributed by atoms with Crippen molar-refractivity contribution in [1.82, 2.24) is 19.7 Å². The molecule has 2 aromatic heterocycles. The number of nitrogen functional groups attached to an aromatic ring is 1. The lowest BCUT2D eigenvalue weighted by Crippen LogP contribution is -2.22. The topological polar surface area (TPSA) is 81.8 Å². The first kappa shape index (κ1) is 8.49. The van der Waals surface area contributed by atoms with Gasteiger partial charge in [-0.25, -0.2) is 4.98 Å². The summed E-state index contributed by atoms with van der Waals surface area (Å²) >= 11 is 0. The summed E-state index contributed by atoms with van der Waals surface area (Å²) in [4.78, 5) is 4.09. The molecule has 6 nitrogen and oxygen atoms in total. The number of hydrogen-bond donors (Lipinski definition) is 2. The van der Waals surface area contributed by atoms with Crippen LogP contribution in [0.25, 0.3) is 0 Å². The summed E-state index contributed by atoms with van der Waals surface area (Å²) in [5.41, 5.74) is 7.73. The number of anilines is 1. The van der Waals surface area contributed by atoms with Crippen LogP contribution in [0, 0.1) is 0 Å². The largest absolute Gasteiger partial charge is 0.369 e. The average molecular weight is 205 g/mol. The molecule has 0 aromatic carbocycles. The Labute approximate surface area is 86.1 Å². The summed E-state index contributed by atoms with van der Waals surface area (Å²) in [5, 5.41) is 6.68. The third-order valence-electron chi connectivity index (χ3n) is 2.61. The first-order chi connectivity index (χ1) is 7.36. The Morgan fingerprint density at radius 2 is 2.47 bits per heavy atom. The molecule has 0 saturated carbocycles. The molecule has 1 unspecified atom stereocenters. The van der Waals surface area contributed by atoms with Crippen LogP contribution in [0.2, 0.25) is 0 Å². The molecule has 0 amide bonds. The fourth-order valence-electron chi connectivity index (χ4n) is 1.88. The van der Waals surface area contributed by atoms with Gasteiger partial charge in [0, 0.05) is 18.3 Å². The second-order valence-electron chi connectivity index (χ2n) is 3.48. The van der Waals surface area contributed by atoms with Gasteiger partial charge in [0.2, 0.25) is 5.95 Å². The summed E-state index contributed by atoms with van der Waals surface area (Å²) in [6.07, 6.45) is 5.22. The van der Waals surface area contributed by atoms with E-state index in [4.69, 9.17) is 10.5 Å². The number of aromatic amines is 1. The number of nitrogens with one attached hydrogen (secondary N) is 1. The summed E-state index contributed by atoms with van der Waals surface area (Å²) < 4.78 is 7.66. The van der Waals surface area contributed by atoms with Crippen LogP contribution in [0.5, 0.6) is 0 Å². The lowest BCUT2D eigenvalue weighted by molar-refractivity contribution is 0.0472. The lowest BCUT2D eigenvalue weighted by atomic mass is 10.1. The van der Waals surface area contributed by atoms with Crippen molar-refractivity contribution in [2.45, 2.75) is 12.6 Å². The molecule has 2 aromatic rings. The van der Waals surface area contributed by atoms with Crippen LogP contribution in [-0.2, 0) is 11.3 Å². The Morgan fingerprint density at radius 1 is 1.53 bits per heavy atom. The molecule has 1 aliphatic heterocycles. The second kappa shape index (κ2) is 3.09. The predicted octanol–water partition coefficient (Wildman–Crippen LogP) is 0.308. The summed E-state index contributed by atoms with van der Waals surface area (Å²) in [7, 11) is 0. The third kappa shape index (κ3) is 1.22. The van der Waals surface area contributed by atoms with E-state index in [9.17, 15) is 0 Å². The van der Waals surface area contributed by atoms with Crippen LogP contribution in [0.4, 0.5) is 5.95 Å². The lowest BCUT2D eigenvalue weighted by Gasteiger charge is -2.24. The van der Waals surface area contributed by atoms with Crippen molar-refractivity contribution in [3.63, 3.8) is 0 Å². The normalized spacial score (nSPS) is 20.1. The van der Waals surface area contributed by atoms with Crippen molar-refractivity contribution in [3.05, 3.63) is 29.8 Å². The van der Waals surface area contributed by atoms with Gasteiger partial charge in [-0.05, 0) is 0 Å². The molecular formula is C9H11N5O. The Bertz CT molecular complexity index is 461. The van der Waals surface area contributed by atoms with Crippen molar-refractivity contribution in [1.29, 1.82) is 0 Å². The second-order valence-corrected chi connectivity index (χ2v) is 3.48. The monoisotopic (exact) mass is 205 g/mol. The molecule has 15 heavy (non-hydrogen) atoms. The van der Waals surface area contributed by atoms with Crippen LogP contribution >= 0.6 is 0 Å². The van der Waals surface area contributed by atoms with Gasteiger partial charge in [-0.2, -0.15) is 5.10 Å². The molecule has 0 aliphatic carbocycles. The van der Waals surface area contributed by atoms with E-state index in [1.807, 2.05) is 10.8 Å². The molecule has 1 atom stereocenters. The van der Waals surface area contributed by atoms with Gasteiger partial charge in [0.25, 0.3) is 0 Å². The molecule has 0 radical (unpaired) electrons. The highest BCUT2D eigenvalue weighted by atomic mass is 16.5. The molecule has 3 N–H and O–H groups in total. The highest BCUT2D eigenvalue weighted by Gasteiger charge is 2.25. The van der Waals surface area contributed by atoms with Crippen LogP contribution in [0.1, 0.15) is 17.4 Å². The molecule has 0 saturated heterocycles. The molecule has 78 valence electrons. The average Bonchev–Trinajstić information content (AvgIpc) is 2.88. The number of aromatic nitrogens is 4. The van der Waals surface area contributed by atoms with Gasteiger partial charge in [-0.15, -0.1) is 0 Å². The van der Waals surface area contributed by atoms with E-state index >= 15 is 0 Å². The maximum atomic E-state index is 5.75. The number of ether oxygens (including phenoxy) is 1. The number of nitrogens with two attached hydrogens (primary N) is 1. The van der Waals surface area contributed by atoms with Gasteiger partial charge in [-0.3, -0.25) is 5.10 Å². The molecule has 6 heteroatoms. The summed E-state index contributed by atoms with van der Waals surface area (Å²) in [6, 6.07) is 0. The standard InChI is InChI=1S/C9H11N5O/c10-9-11-5-7-8(6-3-12-13-4-6)15-2-1-14(7)9/h3-5,8H,1-2H2,(H2,10,11)(H,12,13). The summed E-state index contributed by atoms with van der Waals surface area (Å²) in [5.74, 6) is 0.543. The van der Waals surface area contributed by atoms with Crippen LogP contribution in [0.3, 0.4) is 0 Å². The smallest absolute Gasteiger partial charge is 0.200 e. The third-order valence-corrected chi connectivity index (χ3v) is 2.61. The number of fused-ring (bicyclic) bond motifs is 1. The van der Waals surface area contributed by atoms with Crippen LogP contribution in [-0.4, -0.2) is 26.4 Å². The predicted molar refractivity (Wildman–Crippen MR) is 53.0 cm³/mol. The minimum Gasteiger partial charge on any atom is -0.369 e. The van der Waals surface area contributed by atoms with Gasteiger partial charge in [0.05, 0.1) is 24.7 Å². The number of hydrogen-bond acceptors (Lipinski definition) is 4. The van der Waals surface area contributed by atoms with E-state index in [0.29, 0.717) is 12.6 Å². The molecule has 0 fully saturated rings. The molecule has 0 bridgehead atoms. The number of nitrogens with zero attached hydrogens (tertiary/aromatic N) is 3. The fourth-order valence-corrected chi connectivity index (χ4v) is 1.88. The van der Waals surface area contributed by atoms with Crippen molar-refractivity contribution in [2.75, 3.05) is 12.3 Å². The van der Waals surface area contributed by atoms with Gasteiger partial charge >= 0.3 is 0 Å². The van der Waals surface area contributed by atoms with Crippen molar-refractivity contribution < 1.29 is 4.74 Å². The van der Waals surface area contributed by atoms with E-state index in [-0.39, 0.29) is 6.10 Å². The van der Waals surface area contributed by atoms with E-state index in [0.717, 1.165) is 17.8 Å². The first-order valence-corrected chi connectivity index (χ1v) is 4.77. The van der Waals surface area contributed by atoms with Crippen LogP contribution < -0.4 is 5.73 Å². The zero-order chi connectivity index (χ0) is 10.3. The van der Waals surface area contributed by atoms with E-state index < -0.39 is 0 Å². The van der Waals surface area contributed by atoms with Crippen LogP contribution in [0.15, 0.2) is 18.6 Å². The maximum absolute atomic E-state index is 5.75. The number of imidazole rings is 1. The molecule has 3 heterocycles. The Kier molecular flexibility index (Phi) is 1.75. The minimum atomic E-state index is -0.109. The van der Waals surface area contributed by atoms with Crippen molar-refractivity contribution in [2.24, 2.45) is 0 Å². The quantitative estimate of drug-likeness (QED) is 0.701.